The van der Waals surface area contributed by atoms with Crippen LogP contribution in [0.25, 0.3) is 0 Å². The van der Waals surface area contributed by atoms with Crippen LogP contribution >= 0.6 is 0 Å². The second-order valence-electron chi connectivity index (χ2n) is 2.54. The van der Waals surface area contributed by atoms with Gasteiger partial charge in [-0.3, -0.25) is 0 Å². The van der Waals surface area contributed by atoms with E-state index in [0.29, 0.717) is 11.4 Å². The third kappa shape index (κ3) is 1.76. The number of rotatable bonds is 1. The summed E-state index contributed by atoms with van der Waals surface area (Å²) in [5, 5.41) is 6.90. The average Bonchev–Trinajstić information content (AvgIpc) is 1.92. The van der Waals surface area contributed by atoms with Crippen LogP contribution in [0, 0.1) is 13.8 Å². The molecular formula is C6H9N3O2S. The maximum absolute atomic E-state index is 10.9. The molecule has 1 heterocycles. The highest BCUT2D eigenvalue weighted by molar-refractivity contribution is 7.90. The van der Waals surface area contributed by atoms with Crippen LogP contribution in [0.2, 0.25) is 0 Å². The molecule has 0 amide bonds. The molecule has 1 aromatic heterocycles. The maximum atomic E-state index is 10.9. The van der Waals surface area contributed by atoms with Crippen molar-refractivity contribution >= 4 is 9.84 Å². The van der Waals surface area contributed by atoms with Crippen LogP contribution in [0.5, 0.6) is 0 Å². The van der Waals surface area contributed by atoms with Crippen LogP contribution < -0.4 is 0 Å². The third-order valence-corrected chi connectivity index (χ3v) is 2.24. The van der Waals surface area contributed by atoms with Crippen LogP contribution in [0.1, 0.15) is 11.4 Å². The minimum atomic E-state index is -3.33. The fourth-order valence-electron chi connectivity index (χ4n) is 0.594. The Morgan fingerprint density at radius 2 is 1.67 bits per heavy atom. The number of hydrogen-bond acceptors (Lipinski definition) is 5. The van der Waals surface area contributed by atoms with E-state index in [1.54, 1.807) is 13.8 Å². The molecule has 0 radical (unpaired) electrons. The van der Waals surface area contributed by atoms with Gasteiger partial charge >= 0.3 is 0 Å². The number of aryl methyl sites for hydroxylation is 2. The molecule has 0 aromatic carbocycles. The zero-order valence-electron chi connectivity index (χ0n) is 7.07. The summed E-state index contributed by atoms with van der Waals surface area (Å²) in [5.41, 5.74) is 1.23. The van der Waals surface area contributed by atoms with Crippen LogP contribution in [-0.4, -0.2) is 29.9 Å². The molecule has 0 unspecified atom stereocenters. The molecule has 0 aliphatic rings. The predicted octanol–water partition coefficient (Wildman–Crippen LogP) is -0.108. The summed E-state index contributed by atoms with van der Waals surface area (Å²) in [5.74, 6) is 0. The third-order valence-electron chi connectivity index (χ3n) is 1.40. The van der Waals surface area contributed by atoms with E-state index in [0.717, 1.165) is 6.26 Å². The summed E-state index contributed by atoms with van der Waals surface area (Å²) in [4.78, 5) is 3.78. The second-order valence-corrected chi connectivity index (χ2v) is 4.45. The van der Waals surface area contributed by atoms with Gasteiger partial charge < -0.3 is 0 Å². The Labute approximate surface area is 70.8 Å². The highest BCUT2D eigenvalue weighted by atomic mass is 32.2. The average molecular weight is 187 g/mol. The van der Waals surface area contributed by atoms with E-state index in [1.165, 1.54) is 0 Å². The van der Waals surface area contributed by atoms with Gasteiger partial charge in [0.1, 0.15) is 0 Å². The Kier molecular flexibility index (Phi) is 2.10. The first-order valence-corrected chi connectivity index (χ1v) is 5.18. The molecule has 0 saturated carbocycles. The Morgan fingerprint density at radius 1 is 1.08 bits per heavy atom. The summed E-state index contributed by atoms with van der Waals surface area (Å²) in [6, 6.07) is 0. The highest BCUT2D eigenvalue weighted by Gasteiger charge is 2.12. The molecule has 0 bridgehead atoms. The summed E-state index contributed by atoms with van der Waals surface area (Å²) in [6.45, 7) is 3.42. The van der Waals surface area contributed by atoms with Crippen molar-refractivity contribution in [3.05, 3.63) is 11.4 Å². The smallest absolute Gasteiger partial charge is 0.221 e. The fraction of sp³-hybridized carbons (Fsp3) is 0.500. The molecule has 0 aliphatic carbocycles. The van der Waals surface area contributed by atoms with Crippen molar-refractivity contribution in [1.82, 2.24) is 15.2 Å². The van der Waals surface area contributed by atoms with Crippen molar-refractivity contribution in [2.45, 2.75) is 19.0 Å². The molecule has 0 spiro atoms. The lowest BCUT2D eigenvalue weighted by Gasteiger charge is -1.98. The molecule has 1 aromatic rings. The number of aromatic nitrogens is 3. The van der Waals surface area contributed by atoms with Crippen molar-refractivity contribution in [2.75, 3.05) is 6.26 Å². The Balaban J connectivity index is 3.33. The normalized spacial score (nSPS) is 11.6. The zero-order valence-corrected chi connectivity index (χ0v) is 7.88. The van der Waals surface area contributed by atoms with E-state index in [2.05, 4.69) is 15.2 Å². The summed E-state index contributed by atoms with van der Waals surface area (Å²) < 4.78 is 21.9. The largest absolute Gasteiger partial charge is 0.267 e. The molecule has 0 aliphatic heterocycles. The number of nitrogens with zero attached hydrogens (tertiary/aromatic N) is 3. The molecule has 0 N–H and O–H groups in total. The zero-order chi connectivity index (χ0) is 9.35. The quantitative estimate of drug-likeness (QED) is 0.613. The van der Waals surface area contributed by atoms with Gasteiger partial charge in [-0.2, -0.15) is 5.10 Å². The van der Waals surface area contributed by atoms with Gasteiger partial charge in [-0.15, -0.1) is 5.10 Å². The van der Waals surface area contributed by atoms with E-state index in [1.807, 2.05) is 0 Å². The lowest BCUT2D eigenvalue weighted by atomic mass is 10.4. The summed E-state index contributed by atoms with van der Waals surface area (Å²) >= 11 is 0. The van der Waals surface area contributed by atoms with Gasteiger partial charge in [0.05, 0.1) is 11.4 Å². The van der Waals surface area contributed by atoms with Gasteiger partial charge in [0.25, 0.3) is 5.16 Å². The molecule has 6 heteroatoms. The van der Waals surface area contributed by atoms with Crippen LogP contribution in [-0.2, 0) is 9.84 Å². The molecule has 66 valence electrons. The first kappa shape index (κ1) is 9.05. The van der Waals surface area contributed by atoms with Crippen LogP contribution in [0.3, 0.4) is 0 Å². The lowest BCUT2D eigenvalue weighted by Crippen LogP contribution is -2.08. The first-order valence-electron chi connectivity index (χ1n) is 3.29. The van der Waals surface area contributed by atoms with E-state index in [9.17, 15) is 8.42 Å². The van der Waals surface area contributed by atoms with E-state index in [-0.39, 0.29) is 5.16 Å². The minimum absolute atomic E-state index is 0.217. The van der Waals surface area contributed by atoms with E-state index in [4.69, 9.17) is 0 Å². The second kappa shape index (κ2) is 2.78. The van der Waals surface area contributed by atoms with Crippen molar-refractivity contribution in [2.24, 2.45) is 0 Å². The summed E-state index contributed by atoms with van der Waals surface area (Å²) in [6.07, 6.45) is 1.05. The van der Waals surface area contributed by atoms with Crippen LogP contribution in [0.4, 0.5) is 0 Å². The van der Waals surface area contributed by atoms with Crippen molar-refractivity contribution in [3.8, 4) is 0 Å². The maximum Gasteiger partial charge on any atom is 0.267 e. The topological polar surface area (TPSA) is 72.8 Å². The van der Waals surface area contributed by atoms with Crippen molar-refractivity contribution < 1.29 is 8.42 Å². The van der Waals surface area contributed by atoms with Gasteiger partial charge in [-0.05, 0) is 13.8 Å². The van der Waals surface area contributed by atoms with Gasteiger partial charge in [0.2, 0.25) is 9.84 Å². The van der Waals surface area contributed by atoms with Crippen molar-refractivity contribution in [3.63, 3.8) is 0 Å². The molecule has 12 heavy (non-hydrogen) atoms. The number of hydrogen-bond donors (Lipinski definition) is 0. The van der Waals surface area contributed by atoms with Crippen molar-refractivity contribution in [1.29, 1.82) is 0 Å². The van der Waals surface area contributed by atoms with Gasteiger partial charge in [0.15, 0.2) is 0 Å². The Bertz CT molecular complexity index is 399. The molecule has 1 rings (SSSR count). The molecular weight excluding hydrogens is 178 g/mol. The van der Waals surface area contributed by atoms with E-state index >= 15 is 0 Å². The molecule has 0 saturated heterocycles. The van der Waals surface area contributed by atoms with Gasteiger partial charge in [-0.1, -0.05) is 0 Å². The Morgan fingerprint density at radius 3 is 2.08 bits per heavy atom. The van der Waals surface area contributed by atoms with Crippen LogP contribution in [0.15, 0.2) is 5.16 Å². The monoisotopic (exact) mass is 187 g/mol. The summed E-state index contributed by atoms with van der Waals surface area (Å²) in [7, 11) is -3.33. The van der Waals surface area contributed by atoms with E-state index < -0.39 is 9.84 Å². The standard InChI is InChI=1S/C6H9N3O2S/c1-4-5(2)8-9-6(7-4)12(3,10)11/h1-3H3. The molecule has 0 fully saturated rings. The van der Waals surface area contributed by atoms with Gasteiger partial charge in [0, 0.05) is 6.26 Å². The SMILES string of the molecule is Cc1nnc(S(C)(=O)=O)nc1C. The molecule has 0 atom stereocenters. The molecule has 5 nitrogen and oxygen atoms in total. The Hall–Kier alpha value is -1.04. The first-order chi connectivity index (χ1) is 5.41. The van der Waals surface area contributed by atoms with Gasteiger partial charge in [-0.25, -0.2) is 13.4 Å². The predicted molar refractivity (Wildman–Crippen MR) is 42.4 cm³/mol. The lowest BCUT2D eigenvalue weighted by molar-refractivity contribution is 0.587. The fourth-order valence-corrected chi connectivity index (χ4v) is 1.09. The minimum Gasteiger partial charge on any atom is -0.221 e. The number of sulfone groups is 1. The highest BCUT2D eigenvalue weighted by Crippen LogP contribution is 2.02.